The van der Waals surface area contributed by atoms with Crippen LogP contribution in [-0.4, -0.2) is 45.8 Å². The van der Waals surface area contributed by atoms with Gasteiger partial charge < -0.3 is 14.8 Å². The first kappa shape index (κ1) is 15.0. The summed E-state index contributed by atoms with van der Waals surface area (Å²) in [5.74, 6) is 3.24. The summed E-state index contributed by atoms with van der Waals surface area (Å²) in [6, 6.07) is 0. The van der Waals surface area contributed by atoms with E-state index in [1.165, 1.54) is 51.5 Å². The fraction of sp³-hybridized carbons (Fsp3) is 0.824. The van der Waals surface area contributed by atoms with Gasteiger partial charge in [-0.05, 0) is 37.5 Å². The molecule has 1 aromatic rings. The number of likely N-dealkylation sites (tertiary alicyclic amines) is 1. The Balaban J connectivity index is 1.39. The van der Waals surface area contributed by atoms with Crippen molar-refractivity contribution in [2.45, 2.75) is 64.5 Å². The zero-order chi connectivity index (χ0) is 15.7. The highest BCUT2D eigenvalue weighted by Gasteiger charge is 2.43. The van der Waals surface area contributed by atoms with Crippen molar-refractivity contribution in [2.24, 2.45) is 10.4 Å². The Morgan fingerprint density at radius 2 is 2.04 bits per heavy atom. The predicted molar refractivity (Wildman–Crippen MR) is 90.2 cm³/mol. The summed E-state index contributed by atoms with van der Waals surface area (Å²) in [5, 5.41) is 12.3. The molecule has 0 unspecified atom stereocenters. The summed E-state index contributed by atoms with van der Waals surface area (Å²) in [6.07, 6.45) is 10.4. The molecule has 6 nitrogen and oxygen atoms in total. The average molecular weight is 316 g/mol. The fourth-order valence-electron chi connectivity index (χ4n) is 4.37. The smallest absolute Gasteiger partial charge is 0.194 e. The molecule has 0 amide bonds. The van der Waals surface area contributed by atoms with E-state index in [1.54, 1.807) is 0 Å². The van der Waals surface area contributed by atoms with E-state index in [4.69, 9.17) is 0 Å². The largest absolute Gasteiger partial charge is 0.349 e. The Morgan fingerprint density at radius 3 is 2.78 bits per heavy atom. The number of fused-ring (bicyclic) bond motifs is 1. The van der Waals surface area contributed by atoms with Gasteiger partial charge >= 0.3 is 0 Å². The average Bonchev–Trinajstić information content (AvgIpc) is 3.07. The summed E-state index contributed by atoms with van der Waals surface area (Å²) < 4.78 is 2.31. The molecule has 1 saturated heterocycles. The zero-order valence-corrected chi connectivity index (χ0v) is 14.2. The highest BCUT2D eigenvalue weighted by atomic mass is 15.3. The molecule has 3 aliphatic rings. The second-order valence-corrected chi connectivity index (χ2v) is 7.42. The van der Waals surface area contributed by atoms with Crippen LogP contribution in [0.3, 0.4) is 0 Å². The van der Waals surface area contributed by atoms with Gasteiger partial charge in [0.05, 0.1) is 6.54 Å². The fourth-order valence-corrected chi connectivity index (χ4v) is 4.37. The third-order valence-electron chi connectivity index (χ3n) is 5.95. The third kappa shape index (κ3) is 2.83. The van der Waals surface area contributed by atoms with E-state index in [2.05, 4.69) is 30.0 Å². The van der Waals surface area contributed by atoms with Crippen molar-refractivity contribution in [1.29, 1.82) is 0 Å². The molecule has 0 bridgehead atoms. The molecule has 1 N–H and O–H groups in total. The number of hydrogen-bond acceptors (Lipinski definition) is 3. The third-order valence-corrected chi connectivity index (χ3v) is 5.95. The van der Waals surface area contributed by atoms with Gasteiger partial charge in [-0.2, -0.15) is 0 Å². The van der Waals surface area contributed by atoms with E-state index >= 15 is 0 Å². The van der Waals surface area contributed by atoms with E-state index < -0.39 is 0 Å². The highest BCUT2D eigenvalue weighted by Crippen LogP contribution is 2.47. The number of rotatable bonds is 2. The normalized spacial score (nSPS) is 23.5. The van der Waals surface area contributed by atoms with Gasteiger partial charge in [-0.25, -0.2) is 0 Å². The molecular weight excluding hydrogens is 288 g/mol. The number of hydrogen-bond donors (Lipinski definition) is 1. The molecule has 0 atom stereocenters. The summed E-state index contributed by atoms with van der Waals surface area (Å²) in [4.78, 5) is 6.93. The van der Waals surface area contributed by atoms with Gasteiger partial charge in [0.2, 0.25) is 0 Å². The predicted octanol–water partition coefficient (Wildman–Crippen LogP) is 1.96. The standard InChI is InChI=1S/C17H28N6/c1-18-16(22-11-9-17(13-22)7-5-8-17)19-12-15-21-20-14-6-3-2-4-10-23(14)15/h2-13H2,1H3,(H,18,19). The zero-order valence-electron chi connectivity index (χ0n) is 14.2. The van der Waals surface area contributed by atoms with Crippen LogP contribution >= 0.6 is 0 Å². The molecular formula is C17H28N6. The van der Waals surface area contributed by atoms with E-state index in [1.807, 2.05) is 7.05 Å². The van der Waals surface area contributed by atoms with Crippen LogP contribution in [0.5, 0.6) is 0 Å². The Morgan fingerprint density at radius 1 is 1.13 bits per heavy atom. The van der Waals surface area contributed by atoms with Gasteiger partial charge in [-0.3, -0.25) is 4.99 Å². The second kappa shape index (κ2) is 6.13. The minimum absolute atomic E-state index is 0.601. The lowest BCUT2D eigenvalue weighted by Crippen LogP contribution is -2.42. The summed E-state index contributed by atoms with van der Waals surface area (Å²) in [7, 11) is 1.89. The lowest BCUT2D eigenvalue weighted by atomic mass is 9.68. The number of nitrogens with zero attached hydrogens (tertiary/aromatic N) is 5. The maximum Gasteiger partial charge on any atom is 0.194 e. The van der Waals surface area contributed by atoms with Crippen molar-refractivity contribution in [3.63, 3.8) is 0 Å². The van der Waals surface area contributed by atoms with Crippen LogP contribution in [0.15, 0.2) is 4.99 Å². The van der Waals surface area contributed by atoms with Crippen LogP contribution < -0.4 is 5.32 Å². The van der Waals surface area contributed by atoms with Crippen LogP contribution in [-0.2, 0) is 19.5 Å². The van der Waals surface area contributed by atoms with Crippen LogP contribution in [0.1, 0.15) is 56.6 Å². The molecule has 0 aromatic carbocycles. The number of guanidine groups is 1. The summed E-state index contributed by atoms with van der Waals surface area (Å²) >= 11 is 0. The van der Waals surface area contributed by atoms with Gasteiger partial charge in [0, 0.05) is 33.1 Å². The Kier molecular flexibility index (Phi) is 3.99. The topological polar surface area (TPSA) is 58.3 Å². The second-order valence-electron chi connectivity index (χ2n) is 7.42. The summed E-state index contributed by atoms with van der Waals surface area (Å²) in [6.45, 7) is 4.09. The monoisotopic (exact) mass is 316 g/mol. The number of aryl methyl sites for hydroxylation is 1. The minimum Gasteiger partial charge on any atom is -0.349 e. The van der Waals surface area contributed by atoms with Gasteiger partial charge in [-0.15, -0.1) is 10.2 Å². The molecule has 1 aromatic heterocycles. The van der Waals surface area contributed by atoms with Crippen molar-refractivity contribution < 1.29 is 0 Å². The van der Waals surface area contributed by atoms with Gasteiger partial charge in [0.15, 0.2) is 11.8 Å². The van der Waals surface area contributed by atoms with E-state index in [9.17, 15) is 0 Å². The molecule has 2 fully saturated rings. The molecule has 1 saturated carbocycles. The molecule has 3 heterocycles. The number of aliphatic imine (C=N–C) groups is 1. The van der Waals surface area contributed by atoms with Crippen LogP contribution in [0.2, 0.25) is 0 Å². The first-order chi connectivity index (χ1) is 11.3. The molecule has 0 radical (unpaired) electrons. The maximum absolute atomic E-state index is 4.50. The van der Waals surface area contributed by atoms with E-state index in [0.717, 1.165) is 43.7 Å². The summed E-state index contributed by atoms with van der Waals surface area (Å²) in [5.41, 5.74) is 0.601. The van der Waals surface area contributed by atoms with Gasteiger partial charge in [-0.1, -0.05) is 12.8 Å². The quantitative estimate of drug-likeness (QED) is 0.669. The molecule has 126 valence electrons. The Bertz CT molecular complexity index is 586. The van der Waals surface area contributed by atoms with Gasteiger partial charge in [0.1, 0.15) is 5.82 Å². The molecule has 1 spiro atoms. The van der Waals surface area contributed by atoms with Crippen molar-refractivity contribution >= 4 is 5.96 Å². The maximum atomic E-state index is 4.50. The first-order valence-corrected chi connectivity index (χ1v) is 9.16. The van der Waals surface area contributed by atoms with E-state index in [0.29, 0.717) is 5.41 Å². The SMILES string of the molecule is CN=C(NCc1nnc2n1CCCCC2)N1CCC2(CCC2)C1. The van der Waals surface area contributed by atoms with Crippen LogP contribution in [0.4, 0.5) is 0 Å². The Labute approximate surface area is 138 Å². The molecule has 23 heavy (non-hydrogen) atoms. The van der Waals surface area contributed by atoms with Crippen molar-refractivity contribution in [2.75, 3.05) is 20.1 Å². The first-order valence-electron chi connectivity index (χ1n) is 9.16. The van der Waals surface area contributed by atoms with E-state index in [-0.39, 0.29) is 0 Å². The lowest BCUT2D eigenvalue weighted by Gasteiger charge is -2.38. The molecule has 6 heteroatoms. The van der Waals surface area contributed by atoms with Crippen molar-refractivity contribution in [3.05, 3.63) is 11.6 Å². The molecule has 1 aliphatic carbocycles. The number of aromatic nitrogens is 3. The lowest BCUT2D eigenvalue weighted by molar-refractivity contribution is 0.151. The van der Waals surface area contributed by atoms with Crippen molar-refractivity contribution in [1.82, 2.24) is 25.0 Å². The number of nitrogens with one attached hydrogen (secondary N) is 1. The van der Waals surface area contributed by atoms with Crippen molar-refractivity contribution in [3.8, 4) is 0 Å². The molecule has 4 rings (SSSR count). The van der Waals surface area contributed by atoms with Gasteiger partial charge in [0.25, 0.3) is 0 Å². The van der Waals surface area contributed by atoms with Crippen LogP contribution in [0.25, 0.3) is 0 Å². The Hall–Kier alpha value is -1.59. The minimum atomic E-state index is 0.601. The van der Waals surface area contributed by atoms with Crippen LogP contribution in [0, 0.1) is 5.41 Å². The molecule has 2 aliphatic heterocycles. The highest BCUT2D eigenvalue weighted by molar-refractivity contribution is 5.80.